The van der Waals surface area contributed by atoms with Crippen molar-refractivity contribution >= 4 is 57.1 Å². The van der Waals surface area contributed by atoms with Crippen LogP contribution in [0.2, 0.25) is 5.02 Å². The van der Waals surface area contributed by atoms with Gasteiger partial charge in [-0.05, 0) is 62.9 Å². The molecule has 0 fully saturated rings. The number of thiophene rings is 1. The van der Waals surface area contributed by atoms with E-state index in [9.17, 15) is 4.79 Å². The van der Waals surface area contributed by atoms with Crippen molar-refractivity contribution in [2.45, 2.75) is 12.5 Å². The zero-order valence-electron chi connectivity index (χ0n) is 9.74. The standard InChI is InChI=1S/C13H10ClIN2OS/c14-9-4-10-6(3-12(18)17-10)1-8(9)13(16)7-2-11(15)19-5-7/h1-2,4-5,13H,3,16H2,(H,17,18). The molecule has 0 saturated carbocycles. The van der Waals surface area contributed by atoms with Crippen LogP contribution >= 0.6 is 45.5 Å². The fourth-order valence-corrected chi connectivity index (χ4v) is 3.86. The fraction of sp³-hybridized carbons (Fsp3) is 0.154. The number of halogens is 2. The van der Waals surface area contributed by atoms with Crippen LogP contribution in [0.4, 0.5) is 5.69 Å². The first-order chi connectivity index (χ1) is 9.04. The third kappa shape index (κ3) is 2.52. The summed E-state index contributed by atoms with van der Waals surface area (Å²) in [6, 6.07) is 5.52. The molecule has 0 spiro atoms. The first-order valence-electron chi connectivity index (χ1n) is 5.66. The SMILES string of the molecule is NC(c1csc(I)c1)c1cc2c(cc1Cl)NC(=O)C2. The molecule has 0 bridgehead atoms. The Morgan fingerprint density at radius 1 is 1.42 bits per heavy atom. The summed E-state index contributed by atoms with van der Waals surface area (Å²) in [5.41, 5.74) is 9.95. The lowest BCUT2D eigenvalue weighted by Gasteiger charge is -2.14. The van der Waals surface area contributed by atoms with E-state index in [0.29, 0.717) is 11.4 Å². The molecule has 1 amide bonds. The summed E-state index contributed by atoms with van der Waals surface area (Å²) in [7, 11) is 0. The van der Waals surface area contributed by atoms with E-state index in [0.717, 1.165) is 22.4 Å². The van der Waals surface area contributed by atoms with E-state index in [4.69, 9.17) is 17.3 Å². The van der Waals surface area contributed by atoms with Gasteiger partial charge in [-0.25, -0.2) is 0 Å². The number of nitrogens with one attached hydrogen (secondary N) is 1. The van der Waals surface area contributed by atoms with E-state index in [2.05, 4.69) is 34.0 Å². The van der Waals surface area contributed by atoms with Crippen molar-refractivity contribution in [3.63, 3.8) is 0 Å². The number of carbonyl (C=O) groups is 1. The van der Waals surface area contributed by atoms with Crippen LogP contribution in [0.5, 0.6) is 0 Å². The molecule has 19 heavy (non-hydrogen) atoms. The lowest BCUT2D eigenvalue weighted by Crippen LogP contribution is -2.11. The van der Waals surface area contributed by atoms with Crippen molar-refractivity contribution < 1.29 is 4.79 Å². The van der Waals surface area contributed by atoms with Crippen LogP contribution in [0.25, 0.3) is 0 Å². The van der Waals surface area contributed by atoms with Gasteiger partial charge in [0.15, 0.2) is 0 Å². The Labute approximate surface area is 133 Å². The maximum atomic E-state index is 11.4. The monoisotopic (exact) mass is 404 g/mol. The smallest absolute Gasteiger partial charge is 0.228 e. The minimum absolute atomic E-state index is 0.00173. The van der Waals surface area contributed by atoms with Gasteiger partial charge in [0.05, 0.1) is 15.3 Å². The van der Waals surface area contributed by atoms with Gasteiger partial charge < -0.3 is 11.1 Å². The highest BCUT2D eigenvalue weighted by Gasteiger charge is 2.22. The largest absolute Gasteiger partial charge is 0.325 e. The zero-order chi connectivity index (χ0) is 13.6. The lowest BCUT2D eigenvalue weighted by atomic mass is 9.99. The molecule has 2 heterocycles. The summed E-state index contributed by atoms with van der Waals surface area (Å²) in [6.07, 6.45) is 0.396. The molecule has 1 atom stereocenters. The lowest BCUT2D eigenvalue weighted by molar-refractivity contribution is -0.115. The van der Waals surface area contributed by atoms with Gasteiger partial charge in [-0.3, -0.25) is 4.79 Å². The van der Waals surface area contributed by atoms with E-state index >= 15 is 0 Å². The summed E-state index contributed by atoms with van der Waals surface area (Å²) in [5, 5.41) is 5.42. The number of rotatable bonds is 2. The summed E-state index contributed by atoms with van der Waals surface area (Å²) >= 11 is 10.2. The van der Waals surface area contributed by atoms with Crippen molar-refractivity contribution in [2.24, 2.45) is 5.73 Å². The second-order valence-corrected chi connectivity index (χ2v) is 7.63. The van der Waals surface area contributed by atoms with Crippen LogP contribution < -0.4 is 11.1 Å². The summed E-state index contributed by atoms with van der Waals surface area (Å²) in [5.74, 6) is 0.00173. The fourth-order valence-electron chi connectivity index (χ4n) is 2.17. The van der Waals surface area contributed by atoms with Gasteiger partial charge in [-0.15, -0.1) is 11.3 Å². The Morgan fingerprint density at radius 2 is 2.21 bits per heavy atom. The van der Waals surface area contributed by atoms with Crippen LogP contribution in [0.3, 0.4) is 0 Å². The molecule has 1 aliphatic rings. The molecular weight excluding hydrogens is 395 g/mol. The third-order valence-electron chi connectivity index (χ3n) is 3.13. The van der Waals surface area contributed by atoms with Gasteiger partial charge in [-0.2, -0.15) is 0 Å². The van der Waals surface area contributed by atoms with Crippen LogP contribution in [-0.2, 0) is 11.2 Å². The number of hydrogen-bond donors (Lipinski definition) is 2. The highest BCUT2D eigenvalue weighted by Crippen LogP contribution is 2.35. The number of fused-ring (bicyclic) bond motifs is 1. The molecule has 1 aromatic carbocycles. The van der Waals surface area contributed by atoms with E-state index in [-0.39, 0.29) is 11.9 Å². The Hall–Kier alpha value is -0.630. The normalized spacial score (nSPS) is 15.2. The maximum absolute atomic E-state index is 11.4. The van der Waals surface area contributed by atoms with E-state index in [1.54, 1.807) is 17.4 Å². The first kappa shape index (κ1) is 13.4. The predicted molar refractivity (Wildman–Crippen MR) is 86.9 cm³/mol. The highest BCUT2D eigenvalue weighted by molar-refractivity contribution is 14.1. The van der Waals surface area contributed by atoms with Crippen LogP contribution in [-0.4, -0.2) is 5.91 Å². The molecule has 0 aliphatic carbocycles. The summed E-state index contributed by atoms with van der Waals surface area (Å²) in [6.45, 7) is 0. The Morgan fingerprint density at radius 3 is 2.89 bits per heavy atom. The number of hydrogen-bond acceptors (Lipinski definition) is 3. The van der Waals surface area contributed by atoms with Crippen molar-refractivity contribution in [1.29, 1.82) is 0 Å². The Balaban J connectivity index is 2.02. The van der Waals surface area contributed by atoms with Gasteiger partial charge in [0.25, 0.3) is 0 Å². The summed E-state index contributed by atoms with van der Waals surface area (Å²) in [4.78, 5) is 11.4. The first-order valence-corrected chi connectivity index (χ1v) is 8.00. The number of benzene rings is 1. The molecule has 3 rings (SSSR count). The molecule has 1 unspecified atom stereocenters. The number of amides is 1. The molecular formula is C13H10ClIN2OS. The Bertz CT molecular complexity index is 671. The second kappa shape index (κ2) is 5.05. The van der Waals surface area contributed by atoms with E-state index in [1.165, 1.54) is 2.88 Å². The molecule has 6 heteroatoms. The van der Waals surface area contributed by atoms with Crippen molar-refractivity contribution in [3.8, 4) is 0 Å². The number of carbonyl (C=O) groups excluding carboxylic acids is 1. The van der Waals surface area contributed by atoms with Crippen molar-refractivity contribution in [1.82, 2.24) is 0 Å². The van der Waals surface area contributed by atoms with Crippen molar-refractivity contribution in [3.05, 3.63) is 48.2 Å². The average Bonchev–Trinajstić information content (AvgIpc) is 2.92. The quantitative estimate of drug-likeness (QED) is 0.752. The van der Waals surface area contributed by atoms with Crippen LogP contribution in [0.15, 0.2) is 23.6 Å². The summed E-state index contributed by atoms with van der Waals surface area (Å²) < 4.78 is 1.19. The zero-order valence-corrected chi connectivity index (χ0v) is 13.5. The van der Waals surface area contributed by atoms with Gasteiger partial charge in [0.1, 0.15) is 0 Å². The predicted octanol–water partition coefficient (Wildman–Crippen LogP) is 3.55. The van der Waals surface area contributed by atoms with E-state index in [1.807, 2.05) is 11.4 Å². The van der Waals surface area contributed by atoms with Gasteiger partial charge in [0, 0.05) is 10.7 Å². The van der Waals surface area contributed by atoms with Gasteiger partial charge in [-0.1, -0.05) is 11.6 Å². The van der Waals surface area contributed by atoms with E-state index < -0.39 is 0 Å². The Kier molecular flexibility index (Phi) is 3.55. The van der Waals surface area contributed by atoms with Gasteiger partial charge >= 0.3 is 0 Å². The number of anilines is 1. The molecule has 98 valence electrons. The molecule has 1 aliphatic heterocycles. The van der Waals surface area contributed by atoms with Crippen molar-refractivity contribution in [2.75, 3.05) is 5.32 Å². The molecule has 1 aromatic heterocycles. The second-order valence-electron chi connectivity index (χ2n) is 4.42. The minimum Gasteiger partial charge on any atom is -0.325 e. The van der Waals surface area contributed by atoms with Crippen LogP contribution in [0.1, 0.15) is 22.7 Å². The third-order valence-corrected chi connectivity index (χ3v) is 5.26. The molecule has 3 N–H and O–H groups in total. The highest BCUT2D eigenvalue weighted by atomic mass is 127. The van der Waals surface area contributed by atoms with Crippen LogP contribution in [0, 0.1) is 2.88 Å². The molecule has 3 nitrogen and oxygen atoms in total. The maximum Gasteiger partial charge on any atom is 0.228 e. The molecule has 0 radical (unpaired) electrons. The molecule has 0 saturated heterocycles. The average molecular weight is 405 g/mol. The van der Waals surface area contributed by atoms with Gasteiger partial charge in [0.2, 0.25) is 5.91 Å². The minimum atomic E-state index is -0.256. The topological polar surface area (TPSA) is 55.1 Å². The molecule has 2 aromatic rings. The number of nitrogens with two attached hydrogens (primary N) is 1.